The maximum Gasteiger partial charge on any atom is 0.471 e. The minimum absolute atomic E-state index is 0. The standard InChI is InChI=1S/C31H39F3N6O5.C28H37F3N6O5.CH4/c1-7-16-40(27(42)31(32,33)34)24-20-35-28(38(8-2)9-3)37-25(24)36-23(26(41)45-30(4,5)6)19-21-12-14-22(15-13-21)44-29(43)39-17-10-11-18-39;1-6-36(7-2)25-32-17-21(34-24(39)28(29,30)31)22(35-25)33-20(23(38)42-27(3,4)5)16-18-10-12-19(13-11-18)41-26(40)37-14-8-9-15-37;/h1,12-15,20,23H,8-11,16-19H2,2-6H3,(H,35,36,37);10-13,17,20H,6-9,14-16H2,1-5H3,(H,34,39)(H,32,33,35);1H4/t23-;20-;/m00./s1. The van der Waals surface area contributed by atoms with Crippen LogP contribution in [0.2, 0.25) is 0 Å². The number of alkyl halides is 6. The number of nitrogens with zero attached hydrogens (tertiary/aromatic N) is 9. The summed E-state index contributed by atoms with van der Waals surface area (Å²) in [6.45, 7) is 21.3. The highest BCUT2D eigenvalue weighted by Crippen LogP contribution is 2.32. The van der Waals surface area contributed by atoms with Crippen molar-refractivity contribution in [2.24, 2.45) is 0 Å². The van der Waals surface area contributed by atoms with Crippen molar-refractivity contribution in [3.05, 3.63) is 72.1 Å². The Bertz CT molecular complexity index is 3020. The Morgan fingerprint density at radius 2 is 0.989 bits per heavy atom. The number of aromatic nitrogens is 4. The number of carbonyl (C=O) groups excluding carboxylic acids is 6. The highest BCUT2D eigenvalue weighted by molar-refractivity contribution is 6.00. The van der Waals surface area contributed by atoms with Crippen LogP contribution in [0.3, 0.4) is 0 Å². The van der Waals surface area contributed by atoms with Gasteiger partial charge in [0.15, 0.2) is 11.6 Å². The van der Waals surface area contributed by atoms with Gasteiger partial charge in [-0.05, 0) is 130 Å². The normalized spacial score (nSPS) is 13.9. The van der Waals surface area contributed by atoms with E-state index in [1.54, 1.807) is 115 Å². The van der Waals surface area contributed by atoms with Crippen LogP contribution in [-0.2, 0) is 41.5 Å². The number of esters is 2. The van der Waals surface area contributed by atoms with Crippen LogP contribution in [0.1, 0.15) is 113 Å². The van der Waals surface area contributed by atoms with Crippen LogP contribution in [0, 0.1) is 12.3 Å². The zero-order valence-corrected chi connectivity index (χ0v) is 50.5. The third-order valence-electron chi connectivity index (χ3n) is 13.0. The molecular weight excluding hydrogens is 1160 g/mol. The molecule has 2 fully saturated rings. The molecule has 4 heterocycles. The van der Waals surface area contributed by atoms with E-state index in [9.17, 15) is 55.1 Å². The summed E-state index contributed by atoms with van der Waals surface area (Å²) in [7, 11) is 0. The van der Waals surface area contributed by atoms with Gasteiger partial charge < -0.3 is 54.5 Å². The van der Waals surface area contributed by atoms with Crippen molar-refractivity contribution in [1.82, 2.24) is 29.7 Å². The molecule has 2 aliphatic rings. The monoisotopic (exact) mass is 1240 g/mol. The minimum atomic E-state index is -5.24. The summed E-state index contributed by atoms with van der Waals surface area (Å²) in [4.78, 5) is 99.7. The molecule has 0 bridgehead atoms. The average Bonchev–Trinajstić information content (AvgIpc) is 1.93. The lowest BCUT2D eigenvalue weighted by atomic mass is 10.0. The molecule has 4 aromatic rings. The van der Waals surface area contributed by atoms with E-state index in [0.717, 1.165) is 38.1 Å². The first kappa shape index (κ1) is 71.8. The van der Waals surface area contributed by atoms with E-state index in [1.165, 1.54) is 0 Å². The van der Waals surface area contributed by atoms with Gasteiger partial charge in [-0.15, -0.1) is 6.42 Å². The summed E-state index contributed by atoms with van der Waals surface area (Å²) in [5, 5.41) is 7.58. The quantitative estimate of drug-likeness (QED) is 0.0399. The number of nitrogens with one attached hydrogen (secondary N) is 3. The molecule has 0 aliphatic carbocycles. The van der Waals surface area contributed by atoms with Crippen LogP contribution in [0.5, 0.6) is 11.5 Å². The van der Waals surface area contributed by atoms with E-state index in [4.69, 9.17) is 25.4 Å². The Hall–Kier alpha value is -8.64. The number of ether oxygens (including phenoxy) is 4. The van der Waals surface area contributed by atoms with Gasteiger partial charge in [0.25, 0.3) is 0 Å². The van der Waals surface area contributed by atoms with Gasteiger partial charge in [0.05, 0.1) is 18.9 Å². The molecule has 0 spiro atoms. The minimum Gasteiger partial charge on any atom is -0.458 e. The number of anilines is 6. The van der Waals surface area contributed by atoms with Gasteiger partial charge >= 0.3 is 48.3 Å². The van der Waals surface area contributed by atoms with Gasteiger partial charge in [0, 0.05) is 65.2 Å². The molecule has 0 saturated carbocycles. The molecule has 3 N–H and O–H groups in total. The van der Waals surface area contributed by atoms with Crippen LogP contribution < -0.4 is 40.1 Å². The number of carbonyl (C=O) groups is 6. The molecule has 2 aromatic heterocycles. The number of hydrogen-bond donors (Lipinski definition) is 3. The summed E-state index contributed by atoms with van der Waals surface area (Å²) in [6, 6.07) is 10.7. The fourth-order valence-electron chi connectivity index (χ4n) is 8.72. The molecule has 2 aliphatic heterocycles. The zero-order valence-electron chi connectivity index (χ0n) is 50.5. The number of amides is 4. The Kier molecular flexibility index (Phi) is 26.0. The Labute approximate surface area is 509 Å². The summed E-state index contributed by atoms with van der Waals surface area (Å²) in [5.41, 5.74) is -1.22. The van der Waals surface area contributed by atoms with Crippen molar-refractivity contribution in [2.45, 2.75) is 151 Å². The molecule has 2 saturated heterocycles. The molecule has 4 amide bonds. The van der Waals surface area contributed by atoms with Crippen LogP contribution in [0.4, 0.5) is 70.8 Å². The van der Waals surface area contributed by atoms with Crippen LogP contribution in [-0.4, -0.2) is 160 Å². The lowest BCUT2D eigenvalue weighted by Crippen LogP contribution is -2.43. The predicted octanol–water partition coefficient (Wildman–Crippen LogP) is 10.2. The third-order valence-corrected chi connectivity index (χ3v) is 13.0. The maximum absolute atomic E-state index is 13.6. The third kappa shape index (κ3) is 21.6. The first-order valence-corrected chi connectivity index (χ1v) is 28.4. The number of halogens is 6. The number of terminal acetylenes is 1. The van der Waals surface area contributed by atoms with E-state index in [0.29, 0.717) is 79.9 Å². The molecule has 2 atom stereocenters. The van der Waals surface area contributed by atoms with Crippen molar-refractivity contribution >= 4 is 70.8 Å². The first-order chi connectivity index (χ1) is 40.9. The molecule has 0 radical (unpaired) electrons. The summed E-state index contributed by atoms with van der Waals surface area (Å²) in [6.07, 6.45) is -0.0883. The van der Waals surface area contributed by atoms with Crippen molar-refractivity contribution in [2.75, 3.05) is 89.6 Å². The van der Waals surface area contributed by atoms with E-state index >= 15 is 0 Å². The molecule has 0 unspecified atom stereocenters. The molecule has 88 heavy (non-hydrogen) atoms. The molecule has 6 rings (SSSR count). The van der Waals surface area contributed by atoms with Gasteiger partial charge in [0.1, 0.15) is 46.2 Å². The van der Waals surface area contributed by atoms with Gasteiger partial charge in [-0.3, -0.25) is 14.5 Å². The Morgan fingerprint density at radius 1 is 0.602 bits per heavy atom. The summed E-state index contributed by atoms with van der Waals surface area (Å²) < 4.78 is 102. The number of rotatable bonds is 21. The topological polar surface area (TPSA) is 243 Å². The fourth-order valence-corrected chi connectivity index (χ4v) is 8.72. The number of likely N-dealkylation sites (tertiary alicyclic amines) is 2. The fraction of sp³-hybridized carbons (Fsp3) is 0.533. The second-order valence-electron chi connectivity index (χ2n) is 22.0. The molecular formula is C60H80F6N12O10. The largest absolute Gasteiger partial charge is 0.471 e. The van der Waals surface area contributed by atoms with Gasteiger partial charge in [-0.1, -0.05) is 37.6 Å². The van der Waals surface area contributed by atoms with Gasteiger partial charge in [-0.25, -0.2) is 29.1 Å². The number of hydrogen-bond acceptors (Lipinski definition) is 18. The Balaban J connectivity index is 0.000000373. The van der Waals surface area contributed by atoms with Crippen LogP contribution in [0.25, 0.3) is 0 Å². The van der Waals surface area contributed by atoms with Crippen LogP contribution >= 0.6 is 0 Å². The highest BCUT2D eigenvalue weighted by Gasteiger charge is 2.44. The zero-order chi connectivity index (χ0) is 64.4. The molecule has 22 nitrogen and oxygen atoms in total. The van der Waals surface area contributed by atoms with Crippen molar-refractivity contribution < 1.29 is 74.1 Å². The second kappa shape index (κ2) is 31.8. The van der Waals surface area contributed by atoms with E-state index in [-0.39, 0.29) is 55.2 Å². The summed E-state index contributed by atoms with van der Waals surface area (Å²) >= 11 is 0. The second-order valence-corrected chi connectivity index (χ2v) is 22.0. The Morgan fingerprint density at radius 3 is 1.35 bits per heavy atom. The molecule has 28 heteroatoms. The van der Waals surface area contributed by atoms with Crippen molar-refractivity contribution in [1.29, 1.82) is 0 Å². The van der Waals surface area contributed by atoms with Gasteiger partial charge in [0.2, 0.25) is 11.9 Å². The lowest BCUT2D eigenvalue weighted by Gasteiger charge is -2.28. The lowest BCUT2D eigenvalue weighted by molar-refractivity contribution is -0.170. The SMILES string of the molecule is C.C#CCN(C(=O)C(F)(F)F)c1cnc(N(CC)CC)nc1N[C@@H](Cc1ccc(OC(=O)N2CCCC2)cc1)C(=O)OC(C)(C)C.CCN(CC)c1ncc(NC(=O)C(F)(F)F)c(N[C@@H](Cc2ccc(OC(=O)N3CCCC3)cc2)C(=O)OC(C)(C)C)n1. The van der Waals surface area contributed by atoms with E-state index in [2.05, 4.69) is 36.5 Å². The first-order valence-electron chi connectivity index (χ1n) is 28.4. The van der Waals surface area contributed by atoms with Gasteiger partial charge in [-0.2, -0.15) is 36.3 Å². The van der Waals surface area contributed by atoms with E-state index in [1.807, 2.05) is 27.7 Å². The highest BCUT2D eigenvalue weighted by atomic mass is 19.4. The smallest absolute Gasteiger partial charge is 0.458 e. The van der Waals surface area contributed by atoms with E-state index < -0.39 is 78.1 Å². The summed E-state index contributed by atoms with van der Waals surface area (Å²) in [5.74, 6) is -3.16. The number of benzene rings is 2. The maximum atomic E-state index is 13.6. The van der Waals surface area contributed by atoms with Crippen LogP contribution in [0.15, 0.2) is 60.9 Å². The molecule has 482 valence electrons. The average molecular weight is 1240 g/mol. The molecule has 2 aromatic carbocycles. The van der Waals surface area contributed by atoms with Crippen molar-refractivity contribution in [3.8, 4) is 23.8 Å². The van der Waals surface area contributed by atoms with Crippen molar-refractivity contribution in [3.63, 3.8) is 0 Å². The predicted molar refractivity (Wildman–Crippen MR) is 320 cm³/mol.